The van der Waals surface area contributed by atoms with Gasteiger partial charge in [-0.25, -0.2) is 9.97 Å². The number of likely N-dealkylation sites (N-methyl/N-ethyl adjacent to an activating group) is 2. The van der Waals surface area contributed by atoms with Gasteiger partial charge >= 0.3 is 0 Å². The minimum absolute atomic E-state index is 0.0392. The van der Waals surface area contributed by atoms with Crippen LogP contribution >= 0.6 is 0 Å². The first-order chi connectivity index (χ1) is 12.8. The maximum absolute atomic E-state index is 11.6. The van der Waals surface area contributed by atoms with Gasteiger partial charge in [0.2, 0.25) is 11.9 Å². The van der Waals surface area contributed by atoms with Crippen LogP contribution in [0.3, 0.4) is 0 Å². The number of methoxy groups -OCH3 is 1. The number of rotatable bonds is 9. The van der Waals surface area contributed by atoms with Crippen molar-refractivity contribution in [1.29, 1.82) is 0 Å². The van der Waals surface area contributed by atoms with Crippen molar-refractivity contribution in [2.45, 2.75) is 6.92 Å². The van der Waals surface area contributed by atoms with Crippen molar-refractivity contribution in [2.24, 2.45) is 0 Å². The Morgan fingerprint density at radius 1 is 1.30 bits per heavy atom. The third kappa shape index (κ3) is 5.14. The van der Waals surface area contributed by atoms with Crippen molar-refractivity contribution in [2.75, 3.05) is 56.8 Å². The number of anilines is 4. The van der Waals surface area contributed by atoms with Crippen LogP contribution in [-0.4, -0.2) is 65.6 Å². The van der Waals surface area contributed by atoms with Crippen molar-refractivity contribution in [1.82, 2.24) is 19.9 Å². The molecule has 3 N–H and O–H groups in total. The molecule has 0 saturated carbocycles. The van der Waals surface area contributed by atoms with E-state index >= 15 is 0 Å². The summed E-state index contributed by atoms with van der Waals surface area (Å²) in [5, 5.41) is 14.5. The summed E-state index contributed by atoms with van der Waals surface area (Å²) in [5.41, 5.74) is 6.31. The first-order valence-corrected chi connectivity index (χ1v) is 8.33. The number of nitrogens with two attached hydrogens (primary N) is 1. The number of aromatic nitrogens is 3. The van der Waals surface area contributed by atoms with Crippen LogP contribution in [0.4, 0.5) is 29.0 Å². The van der Waals surface area contributed by atoms with Gasteiger partial charge in [0, 0.05) is 32.3 Å². The fourth-order valence-electron chi connectivity index (χ4n) is 2.37. The number of nitrogens with one attached hydrogen (secondary N) is 1. The van der Waals surface area contributed by atoms with Crippen molar-refractivity contribution in [3.8, 4) is 5.75 Å². The Balaban J connectivity index is 2.37. The molecule has 1 aromatic heterocycles. The Morgan fingerprint density at radius 3 is 2.63 bits per heavy atom. The summed E-state index contributed by atoms with van der Waals surface area (Å²) < 4.78 is 5.40. The predicted molar refractivity (Wildman–Crippen MR) is 104 cm³/mol. The van der Waals surface area contributed by atoms with Gasteiger partial charge in [-0.1, -0.05) is 6.92 Å². The normalized spacial score (nSPS) is 10.7. The highest BCUT2D eigenvalue weighted by Gasteiger charge is 2.22. The van der Waals surface area contributed by atoms with Gasteiger partial charge in [-0.2, -0.15) is 4.98 Å². The molecule has 2 aromatic rings. The molecule has 0 atom stereocenters. The van der Waals surface area contributed by atoms with Crippen LogP contribution in [0.2, 0.25) is 0 Å². The maximum Gasteiger partial charge on any atom is 0.294 e. The van der Waals surface area contributed by atoms with Gasteiger partial charge in [0.15, 0.2) is 0 Å². The van der Waals surface area contributed by atoms with E-state index in [1.807, 2.05) is 19.0 Å². The molecule has 0 aliphatic carbocycles. The molecule has 27 heavy (non-hydrogen) atoms. The van der Waals surface area contributed by atoms with Crippen molar-refractivity contribution < 1.29 is 9.66 Å². The van der Waals surface area contributed by atoms with Gasteiger partial charge in [-0.05, 0) is 13.6 Å². The summed E-state index contributed by atoms with van der Waals surface area (Å²) in [4.78, 5) is 26.7. The molecular weight excluding hydrogens is 352 g/mol. The fourth-order valence-corrected chi connectivity index (χ4v) is 2.37. The molecule has 0 saturated heterocycles. The second-order valence-electron chi connectivity index (χ2n) is 5.91. The summed E-state index contributed by atoms with van der Waals surface area (Å²) in [6.45, 7) is 4.36. The van der Waals surface area contributed by atoms with E-state index in [0.717, 1.165) is 13.1 Å². The molecule has 0 amide bonds. The number of hydrogen-bond acceptors (Lipinski definition) is 10. The highest BCUT2D eigenvalue weighted by molar-refractivity contribution is 5.76. The molecule has 11 nitrogen and oxygen atoms in total. The summed E-state index contributed by atoms with van der Waals surface area (Å²) in [5.74, 6) is 0.628. The van der Waals surface area contributed by atoms with Crippen LogP contribution < -0.4 is 20.7 Å². The lowest BCUT2D eigenvalue weighted by Gasteiger charge is -2.23. The van der Waals surface area contributed by atoms with E-state index in [1.165, 1.54) is 19.5 Å². The first kappa shape index (κ1) is 20.1. The second kappa shape index (κ2) is 8.94. The lowest BCUT2D eigenvalue weighted by atomic mass is 10.2. The number of nitro benzene ring substituents is 1. The number of hydrogen-bond donors (Lipinski definition) is 2. The molecule has 0 aliphatic heterocycles. The van der Waals surface area contributed by atoms with E-state index in [-0.39, 0.29) is 17.6 Å². The second-order valence-corrected chi connectivity index (χ2v) is 5.91. The van der Waals surface area contributed by atoms with E-state index < -0.39 is 4.92 Å². The van der Waals surface area contributed by atoms with Gasteiger partial charge < -0.3 is 25.6 Å². The lowest BCUT2D eigenvalue weighted by molar-refractivity contribution is -0.384. The SMILES string of the molecule is CCN(C)CCN(C)c1cc(OC)c(Nc2ncnc(N)n2)cc1[N+](=O)[O-]. The van der Waals surface area contributed by atoms with Gasteiger partial charge in [-0.3, -0.25) is 10.1 Å². The number of nitrogens with zero attached hydrogens (tertiary/aromatic N) is 6. The molecule has 0 radical (unpaired) electrons. The Labute approximate surface area is 157 Å². The molecule has 2 rings (SSSR count). The molecule has 0 aliphatic rings. The highest BCUT2D eigenvalue weighted by atomic mass is 16.6. The van der Waals surface area contributed by atoms with Crippen LogP contribution in [0.25, 0.3) is 0 Å². The third-order valence-corrected chi connectivity index (χ3v) is 4.10. The molecule has 1 heterocycles. The van der Waals surface area contributed by atoms with Crippen molar-refractivity contribution in [3.63, 3.8) is 0 Å². The zero-order valence-corrected chi connectivity index (χ0v) is 15.8. The summed E-state index contributed by atoms with van der Waals surface area (Å²) in [7, 11) is 5.30. The lowest BCUT2D eigenvalue weighted by Crippen LogP contribution is -2.31. The first-order valence-electron chi connectivity index (χ1n) is 8.33. The number of nitro groups is 1. The summed E-state index contributed by atoms with van der Waals surface area (Å²) in [6, 6.07) is 3.02. The summed E-state index contributed by atoms with van der Waals surface area (Å²) in [6.07, 6.45) is 1.25. The average Bonchev–Trinajstić information content (AvgIpc) is 2.65. The highest BCUT2D eigenvalue weighted by Crippen LogP contribution is 2.38. The Hall–Kier alpha value is -3.21. The van der Waals surface area contributed by atoms with Gasteiger partial charge in [0.1, 0.15) is 17.8 Å². The van der Waals surface area contributed by atoms with E-state index in [9.17, 15) is 10.1 Å². The standard InChI is InChI=1S/C16H24N8O3/c1-5-22(2)6-7-23(3)12-9-14(27-4)11(8-13(12)24(25)26)20-16-19-10-18-15(17)21-16/h8-10H,5-7H2,1-4H3,(H3,17,18,19,20,21). The molecule has 0 bridgehead atoms. The topological polar surface area (TPSA) is 136 Å². The minimum atomic E-state index is -0.429. The van der Waals surface area contributed by atoms with Crippen LogP contribution in [0.1, 0.15) is 6.92 Å². The quantitative estimate of drug-likeness (QED) is 0.489. The van der Waals surface area contributed by atoms with Crippen LogP contribution in [-0.2, 0) is 0 Å². The van der Waals surface area contributed by atoms with Gasteiger partial charge in [-0.15, -0.1) is 0 Å². The molecule has 0 unspecified atom stereocenters. The number of nitrogen functional groups attached to an aromatic ring is 1. The van der Waals surface area contributed by atoms with E-state index in [1.54, 1.807) is 6.07 Å². The minimum Gasteiger partial charge on any atom is -0.494 e. The van der Waals surface area contributed by atoms with Crippen LogP contribution in [0.15, 0.2) is 18.5 Å². The summed E-state index contributed by atoms with van der Waals surface area (Å²) >= 11 is 0. The van der Waals surface area contributed by atoms with Gasteiger partial charge in [0.25, 0.3) is 5.69 Å². The third-order valence-electron chi connectivity index (χ3n) is 4.10. The Morgan fingerprint density at radius 2 is 2.04 bits per heavy atom. The van der Waals surface area contributed by atoms with Crippen molar-refractivity contribution >= 4 is 29.0 Å². The molecule has 146 valence electrons. The average molecular weight is 376 g/mol. The maximum atomic E-state index is 11.6. The molecular formula is C16H24N8O3. The van der Waals surface area contributed by atoms with Crippen LogP contribution in [0.5, 0.6) is 5.75 Å². The number of ether oxygens (including phenoxy) is 1. The molecule has 0 fully saturated rings. The largest absolute Gasteiger partial charge is 0.494 e. The van der Waals surface area contributed by atoms with E-state index in [0.29, 0.717) is 23.7 Å². The molecule has 11 heteroatoms. The zero-order chi connectivity index (χ0) is 20.0. The van der Waals surface area contributed by atoms with Crippen LogP contribution in [0, 0.1) is 10.1 Å². The molecule has 1 aromatic carbocycles. The predicted octanol–water partition coefficient (Wildman–Crippen LogP) is 1.50. The van der Waals surface area contributed by atoms with Crippen molar-refractivity contribution in [3.05, 3.63) is 28.6 Å². The monoisotopic (exact) mass is 376 g/mol. The van der Waals surface area contributed by atoms with Gasteiger partial charge in [0.05, 0.1) is 17.7 Å². The smallest absolute Gasteiger partial charge is 0.294 e. The fraction of sp³-hybridized carbons (Fsp3) is 0.438. The zero-order valence-electron chi connectivity index (χ0n) is 15.8. The number of benzene rings is 1. The van der Waals surface area contributed by atoms with E-state index in [2.05, 4.69) is 32.1 Å². The van der Waals surface area contributed by atoms with E-state index in [4.69, 9.17) is 10.5 Å². The molecule has 0 spiro atoms. The Bertz CT molecular complexity index is 801. The Kier molecular flexibility index (Phi) is 6.66.